The van der Waals surface area contributed by atoms with Gasteiger partial charge >= 0.3 is 5.97 Å². The van der Waals surface area contributed by atoms with E-state index in [0.717, 1.165) is 37.0 Å². The fourth-order valence-corrected chi connectivity index (χ4v) is 4.30. The molecule has 1 heterocycles. The lowest BCUT2D eigenvalue weighted by atomic mass is 9.77. The number of carbonyl (C=O) groups is 2. The highest BCUT2D eigenvalue weighted by atomic mass is 16.5. The van der Waals surface area contributed by atoms with Crippen LogP contribution in [0, 0.1) is 5.92 Å². The molecule has 5 nitrogen and oxygen atoms in total. The number of ether oxygens (including phenoxy) is 2. The normalized spacial score (nSPS) is 20.3. The van der Waals surface area contributed by atoms with Crippen molar-refractivity contribution in [2.75, 3.05) is 27.3 Å². The van der Waals surface area contributed by atoms with E-state index in [9.17, 15) is 9.59 Å². The Bertz CT molecular complexity index is 611. The van der Waals surface area contributed by atoms with Gasteiger partial charge < -0.3 is 14.4 Å². The number of likely N-dealkylation sites (tertiary alicyclic amines) is 1. The quantitative estimate of drug-likeness (QED) is 0.788. The second kappa shape index (κ2) is 7.46. The standard InChI is InChI=1S/C20H27NO4/c1-24-17-7-5-16(6-8-17)20(11-3-4-12-20)19(23)21-13-9-15(10-14-21)18(22)25-2/h5-8,15H,3-4,9-14H2,1-2H3. The first-order valence-corrected chi connectivity index (χ1v) is 9.12. The second-order valence-corrected chi connectivity index (χ2v) is 7.11. The zero-order valence-corrected chi connectivity index (χ0v) is 15.1. The van der Waals surface area contributed by atoms with Gasteiger partial charge in [0.2, 0.25) is 5.91 Å². The summed E-state index contributed by atoms with van der Waals surface area (Å²) in [5, 5.41) is 0. The Morgan fingerprint density at radius 1 is 1.04 bits per heavy atom. The summed E-state index contributed by atoms with van der Waals surface area (Å²) >= 11 is 0. The number of hydrogen-bond acceptors (Lipinski definition) is 4. The summed E-state index contributed by atoms with van der Waals surface area (Å²) in [5.74, 6) is 0.800. The number of hydrogen-bond donors (Lipinski definition) is 0. The molecule has 0 spiro atoms. The Morgan fingerprint density at radius 2 is 1.64 bits per heavy atom. The highest BCUT2D eigenvalue weighted by Gasteiger charge is 2.45. The fraction of sp³-hybridized carbons (Fsp3) is 0.600. The highest BCUT2D eigenvalue weighted by molar-refractivity contribution is 5.89. The van der Waals surface area contributed by atoms with Gasteiger partial charge in [0, 0.05) is 13.1 Å². The van der Waals surface area contributed by atoms with Crippen molar-refractivity contribution in [1.82, 2.24) is 4.90 Å². The van der Waals surface area contributed by atoms with Gasteiger partial charge in [0.15, 0.2) is 0 Å². The molecule has 136 valence electrons. The molecule has 0 N–H and O–H groups in total. The van der Waals surface area contributed by atoms with Crippen LogP contribution in [0.5, 0.6) is 5.75 Å². The van der Waals surface area contributed by atoms with Crippen LogP contribution in [-0.4, -0.2) is 44.1 Å². The number of carbonyl (C=O) groups excluding carboxylic acids is 2. The third-order valence-corrected chi connectivity index (χ3v) is 5.83. The van der Waals surface area contributed by atoms with Crippen molar-refractivity contribution in [2.24, 2.45) is 5.92 Å². The third-order valence-electron chi connectivity index (χ3n) is 5.83. The van der Waals surface area contributed by atoms with Crippen LogP contribution < -0.4 is 4.74 Å². The molecule has 0 atom stereocenters. The Hall–Kier alpha value is -2.04. The summed E-state index contributed by atoms with van der Waals surface area (Å²) < 4.78 is 10.1. The topological polar surface area (TPSA) is 55.8 Å². The molecule has 0 unspecified atom stereocenters. The minimum Gasteiger partial charge on any atom is -0.497 e. The zero-order chi connectivity index (χ0) is 17.9. The second-order valence-electron chi connectivity index (χ2n) is 7.11. The molecule has 1 aliphatic heterocycles. The summed E-state index contributed by atoms with van der Waals surface area (Å²) in [6.45, 7) is 1.27. The van der Waals surface area contributed by atoms with Crippen molar-refractivity contribution < 1.29 is 19.1 Å². The van der Waals surface area contributed by atoms with E-state index < -0.39 is 5.41 Å². The van der Waals surface area contributed by atoms with Crippen molar-refractivity contribution >= 4 is 11.9 Å². The summed E-state index contributed by atoms with van der Waals surface area (Å²) in [7, 11) is 3.08. The summed E-state index contributed by atoms with van der Waals surface area (Å²) in [4.78, 5) is 27.1. The van der Waals surface area contributed by atoms with Gasteiger partial charge in [-0.2, -0.15) is 0 Å². The first-order valence-electron chi connectivity index (χ1n) is 9.12. The maximum absolute atomic E-state index is 13.4. The Balaban J connectivity index is 1.76. The molecule has 1 aliphatic carbocycles. The monoisotopic (exact) mass is 345 g/mol. The average Bonchev–Trinajstić information content (AvgIpc) is 3.18. The van der Waals surface area contributed by atoms with Crippen molar-refractivity contribution in [1.29, 1.82) is 0 Å². The molecular weight excluding hydrogens is 318 g/mol. The van der Waals surface area contributed by atoms with Crippen LogP contribution in [0.2, 0.25) is 0 Å². The van der Waals surface area contributed by atoms with E-state index >= 15 is 0 Å². The number of benzene rings is 1. The summed E-state index contributed by atoms with van der Waals surface area (Å²) in [5.41, 5.74) is 0.676. The van der Waals surface area contributed by atoms with Crippen LogP contribution in [0.1, 0.15) is 44.1 Å². The smallest absolute Gasteiger partial charge is 0.308 e. The van der Waals surface area contributed by atoms with E-state index in [-0.39, 0.29) is 17.8 Å². The van der Waals surface area contributed by atoms with Crippen LogP contribution >= 0.6 is 0 Å². The summed E-state index contributed by atoms with van der Waals surface area (Å²) in [6.07, 6.45) is 5.34. The molecule has 2 fully saturated rings. The maximum atomic E-state index is 13.4. The minimum atomic E-state index is -0.412. The van der Waals surface area contributed by atoms with Crippen molar-refractivity contribution in [3.05, 3.63) is 29.8 Å². The predicted molar refractivity (Wildman–Crippen MR) is 94.5 cm³/mol. The van der Waals surface area contributed by atoms with Crippen molar-refractivity contribution in [3.8, 4) is 5.75 Å². The van der Waals surface area contributed by atoms with E-state index in [1.165, 1.54) is 7.11 Å². The molecule has 1 amide bonds. The Labute approximate surface area is 149 Å². The molecular formula is C20H27NO4. The highest BCUT2D eigenvalue weighted by Crippen LogP contribution is 2.43. The summed E-state index contributed by atoms with van der Waals surface area (Å²) in [6, 6.07) is 7.94. The van der Waals surface area contributed by atoms with Gasteiger partial charge in [0.25, 0.3) is 0 Å². The first-order chi connectivity index (χ1) is 12.1. The number of nitrogens with zero attached hydrogens (tertiary/aromatic N) is 1. The number of esters is 1. The number of piperidine rings is 1. The first kappa shape index (κ1) is 17.8. The lowest BCUT2D eigenvalue weighted by Gasteiger charge is -2.38. The van der Waals surface area contributed by atoms with Gasteiger partial charge in [0.05, 0.1) is 25.6 Å². The van der Waals surface area contributed by atoms with E-state index in [4.69, 9.17) is 9.47 Å². The van der Waals surface area contributed by atoms with Gasteiger partial charge in [0.1, 0.15) is 5.75 Å². The van der Waals surface area contributed by atoms with Crippen molar-refractivity contribution in [2.45, 2.75) is 43.9 Å². The van der Waals surface area contributed by atoms with Crippen LogP contribution in [-0.2, 0) is 19.7 Å². The molecule has 1 saturated carbocycles. The lowest BCUT2D eigenvalue weighted by Crippen LogP contribution is -2.49. The zero-order valence-electron chi connectivity index (χ0n) is 15.1. The minimum absolute atomic E-state index is 0.0745. The molecule has 1 aromatic rings. The lowest BCUT2D eigenvalue weighted by molar-refractivity contribution is -0.150. The molecule has 1 saturated heterocycles. The molecule has 0 bridgehead atoms. The molecule has 2 aliphatic rings. The van der Waals surface area contributed by atoms with E-state index in [1.54, 1.807) is 7.11 Å². The average molecular weight is 345 g/mol. The fourth-order valence-electron chi connectivity index (χ4n) is 4.30. The van der Waals surface area contributed by atoms with E-state index in [1.807, 2.05) is 29.2 Å². The van der Waals surface area contributed by atoms with Crippen LogP contribution in [0.4, 0.5) is 0 Å². The van der Waals surface area contributed by atoms with E-state index in [0.29, 0.717) is 25.9 Å². The van der Waals surface area contributed by atoms with Crippen molar-refractivity contribution in [3.63, 3.8) is 0 Å². The molecule has 25 heavy (non-hydrogen) atoms. The van der Waals surface area contributed by atoms with Crippen LogP contribution in [0.25, 0.3) is 0 Å². The largest absolute Gasteiger partial charge is 0.497 e. The predicted octanol–water partition coefficient (Wildman–Crippen LogP) is 2.92. The molecule has 3 rings (SSSR count). The molecule has 5 heteroatoms. The van der Waals surface area contributed by atoms with Gasteiger partial charge in [-0.1, -0.05) is 25.0 Å². The molecule has 0 radical (unpaired) electrons. The number of amides is 1. The number of methoxy groups -OCH3 is 2. The van der Waals surface area contributed by atoms with Gasteiger partial charge in [-0.15, -0.1) is 0 Å². The maximum Gasteiger partial charge on any atom is 0.308 e. The van der Waals surface area contributed by atoms with E-state index in [2.05, 4.69) is 0 Å². The van der Waals surface area contributed by atoms with Crippen LogP contribution in [0.15, 0.2) is 24.3 Å². The van der Waals surface area contributed by atoms with Crippen LogP contribution in [0.3, 0.4) is 0 Å². The third kappa shape index (κ3) is 3.37. The molecule has 0 aromatic heterocycles. The molecule has 1 aromatic carbocycles. The number of rotatable bonds is 4. The Morgan fingerprint density at radius 3 is 2.16 bits per heavy atom. The van der Waals surface area contributed by atoms with Gasteiger partial charge in [-0.05, 0) is 43.4 Å². The SMILES string of the molecule is COC(=O)C1CCN(C(=O)C2(c3ccc(OC)cc3)CCCC2)CC1. The Kier molecular flexibility index (Phi) is 5.30. The van der Waals surface area contributed by atoms with Gasteiger partial charge in [-0.3, -0.25) is 9.59 Å². The van der Waals surface area contributed by atoms with Gasteiger partial charge in [-0.25, -0.2) is 0 Å².